The van der Waals surface area contributed by atoms with Crippen LogP contribution in [0.15, 0.2) is 33.8 Å². The van der Waals surface area contributed by atoms with Crippen LogP contribution in [-0.2, 0) is 13.1 Å². The van der Waals surface area contributed by atoms with Gasteiger partial charge < -0.3 is 24.6 Å². The van der Waals surface area contributed by atoms with Crippen LogP contribution in [0.1, 0.15) is 63.5 Å². The van der Waals surface area contributed by atoms with Gasteiger partial charge in [-0.25, -0.2) is 4.99 Å². The summed E-state index contributed by atoms with van der Waals surface area (Å²) in [5.74, 6) is 3.43. The van der Waals surface area contributed by atoms with E-state index in [1.807, 2.05) is 38.1 Å². The van der Waals surface area contributed by atoms with Gasteiger partial charge in [0, 0.05) is 18.5 Å². The van der Waals surface area contributed by atoms with E-state index < -0.39 is 0 Å². The van der Waals surface area contributed by atoms with Crippen LogP contribution in [0.2, 0.25) is 0 Å². The number of nitrogens with zero attached hydrogens (tertiary/aromatic N) is 2. The summed E-state index contributed by atoms with van der Waals surface area (Å²) in [6, 6.07) is 7.91. The van der Waals surface area contributed by atoms with Crippen molar-refractivity contribution in [2.75, 3.05) is 20.3 Å². The molecule has 2 N–H and O–H groups in total. The molecule has 1 aromatic heterocycles. The summed E-state index contributed by atoms with van der Waals surface area (Å²) in [7, 11) is 1.64. The van der Waals surface area contributed by atoms with Crippen LogP contribution in [0.4, 0.5) is 0 Å². The van der Waals surface area contributed by atoms with Gasteiger partial charge in [0.2, 0.25) is 0 Å². The molecule has 0 spiro atoms. The molecule has 0 aliphatic rings. The Kier molecular flexibility index (Phi) is 9.34. The number of nitrogens with one attached hydrogen (secondary N) is 2. The molecule has 0 fully saturated rings. The lowest BCUT2D eigenvalue weighted by molar-refractivity contribution is 0.310. The highest BCUT2D eigenvalue weighted by molar-refractivity contribution is 5.79. The lowest BCUT2D eigenvalue weighted by Gasteiger charge is -2.12. The van der Waals surface area contributed by atoms with Crippen molar-refractivity contribution in [3.63, 3.8) is 0 Å². The number of aliphatic imine (C=N–C) groups is 1. The van der Waals surface area contributed by atoms with Gasteiger partial charge in [0.25, 0.3) is 0 Å². The Morgan fingerprint density at radius 2 is 1.90 bits per heavy atom. The fourth-order valence-electron chi connectivity index (χ4n) is 3.08. The van der Waals surface area contributed by atoms with Crippen molar-refractivity contribution in [3.05, 3.63) is 41.3 Å². The minimum absolute atomic E-state index is 0.448. The van der Waals surface area contributed by atoms with E-state index in [0.717, 1.165) is 48.1 Å². The van der Waals surface area contributed by atoms with Crippen LogP contribution in [0, 0.1) is 0 Å². The molecule has 7 heteroatoms. The lowest BCUT2D eigenvalue weighted by Crippen LogP contribution is -2.36. The number of hydrogen-bond donors (Lipinski definition) is 2. The molecule has 0 atom stereocenters. The molecule has 7 nitrogen and oxygen atoms in total. The van der Waals surface area contributed by atoms with E-state index in [1.54, 1.807) is 7.11 Å². The average Bonchev–Trinajstić information content (AvgIpc) is 3.20. The predicted molar refractivity (Wildman–Crippen MR) is 116 cm³/mol. The molecule has 0 saturated carbocycles. The van der Waals surface area contributed by atoms with Crippen LogP contribution >= 0.6 is 0 Å². The van der Waals surface area contributed by atoms with Crippen LogP contribution < -0.4 is 20.1 Å². The molecule has 0 saturated heterocycles. The summed E-state index contributed by atoms with van der Waals surface area (Å²) < 4.78 is 16.5. The third-order valence-corrected chi connectivity index (χ3v) is 4.70. The molecule has 0 aliphatic heterocycles. The van der Waals surface area contributed by atoms with Crippen molar-refractivity contribution >= 4 is 5.96 Å². The Balaban J connectivity index is 2.01. The number of rotatable bonds is 11. The zero-order valence-electron chi connectivity index (χ0n) is 18.2. The number of ether oxygens (including phenoxy) is 2. The average molecular weight is 403 g/mol. The van der Waals surface area contributed by atoms with Gasteiger partial charge in [-0.3, -0.25) is 0 Å². The maximum Gasteiger partial charge on any atom is 0.191 e. The molecule has 1 heterocycles. The smallest absolute Gasteiger partial charge is 0.191 e. The number of methoxy groups -OCH3 is 1. The number of benzene rings is 1. The quantitative estimate of drug-likeness (QED) is 0.432. The Morgan fingerprint density at radius 3 is 2.55 bits per heavy atom. The molecule has 29 heavy (non-hydrogen) atoms. The van der Waals surface area contributed by atoms with Crippen molar-refractivity contribution in [1.29, 1.82) is 0 Å². The Labute approximate surface area is 173 Å². The van der Waals surface area contributed by atoms with E-state index in [-0.39, 0.29) is 0 Å². The predicted octanol–water partition coefficient (Wildman–Crippen LogP) is 4.24. The Morgan fingerprint density at radius 1 is 1.10 bits per heavy atom. The maximum absolute atomic E-state index is 5.57. The Hall–Kier alpha value is -2.70. The highest BCUT2D eigenvalue weighted by Crippen LogP contribution is 2.28. The topological polar surface area (TPSA) is 80.9 Å². The maximum atomic E-state index is 5.57. The third kappa shape index (κ3) is 6.69. The van der Waals surface area contributed by atoms with Gasteiger partial charge in [-0.05, 0) is 44.4 Å². The van der Waals surface area contributed by atoms with Gasteiger partial charge in [0.1, 0.15) is 0 Å². The second-order valence-electron chi connectivity index (χ2n) is 6.70. The molecule has 0 amide bonds. The van der Waals surface area contributed by atoms with Crippen molar-refractivity contribution in [3.8, 4) is 11.5 Å². The molecule has 1 aromatic carbocycles. The van der Waals surface area contributed by atoms with Crippen molar-refractivity contribution in [1.82, 2.24) is 15.8 Å². The summed E-state index contributed by atoms with van der Waals surface area (Å²) in [6.45, 7) is 10.8. The number of hydrogen-bond acceptors (Lipinski definition) is 5. The van der Waals surface area contributed by atoms with Gasteiger partial charge in [0.05, 0.1) is 32.5 Å². The summed E-state index contributed by atoms with van der Waals surface area (Å²) in [5.41, 5.74) is 2.06. The highest BCUT2D eigenvalue weighted by Gasteiger charge is 2.13. The van der Waals surface area contributed by atoms with E-state index in [2.05, 4.69) is 34.6 Å². The SMILES string of the molecule is CCNC(=NCc1ccc(OCC)c(OC)c1)NCc1cc(C(CC)CC)no1. The van der Waals surface area contributed by atoms with Gasteiger partial charge >= 0.3 is 0 Å². The van der Waals surface area contributed by atoms with Crippen LogP contribution in [0.25, 0.3) is 0 Å². The molecule has 2 rings (SSSR count). The Bertz CT molecular complexity index is 769. The van der Waals surface area contributed by atoms with Crippen LogP contribution in [0.5, 0.6) is 11.5 Å². The largest absolute Gasteiger partial charge is 0.493 e. The van der Waals surface area contributed by atoms with E-state index in [0.29, 0.717) is 31.4 Å². The van der Waals surface area contributed by atoms with Gasteiger partial charge in [-0.1, -0.05) is 25.1 Å². The molecular formula is C22H34N4O3. The monoisotopic (exact) mass is 402 g/mol. The van der Waals surface area contributed by atoms with Gasteiger partial charge in [-0.15, -0.1) is 0 Å². The van der Waals surface area contributed by atoms with E-state index in [4.69, 9.17) is 14.0 Å². The van der Waals surface area contributed by atoms with Gasteiger partial charge in [0.15, 0.2) is 23.2 Å². The number of aromatic nitrogens is 1. The standard InChI is InChI=1S/C22H34N4O3/c1-6-17(7-2)19-13-18(29-26-19)15-25-22(23-8-3)24-14-16-10-11-20(28-9-4)21(12-16)27-5/h10-13,17H,6-9,14-15H2,1-5H3,(H2,23,24,25). The summed E-state index contributed by atoms with van der Waals surface area (Å²) in [5, 5.41) is 10.8. The summed E-state index contributed by atoms with van der Waals surface area (Å²) in [6.07, 6.45) is 2.12. The van der Waals surface area contributed by atoms with E-state index in [1.165, 1.54) is 0 Å². The lowest BCUT2D eigenvalue weighted by atomic mass is 9.99. The van der Waals surface area contributed by atoms with E-state index >= 15 is 0 Å². The molecular weight excluding hydrogens is 368 g/mol. The summed E-state index contributed by atoms with van der Waals surface area (Å²) >= 11 is 0. The molecule has 160 valence electrons. The first-order valence-electron chi connectivity index (χ1n) is 10.4. The second kappa shape index (κ2) is 12.0. The second-order valence-corrected chi connectivity index (χ2v) is 6.70. The summed E-state index contributed by atoms with van der Waals surface area (Å²) in [4.78, 5) is 4.66. The first-order chi connectivity index (χ1) is 14.1. The van der Waals surface area contributed by atoms with Gasteiger partial charge in [-0.2, -0.15) is 0 Å². The fourth-order valence-corrected chi connectivity index (χ4v) is 3.08. The first-order valence-corrected chi connectivity index (χ1v) is 10.4. The minimum atomic E-state index is 0.448. The van der Waals surface area contributed by atoms with Crippen LogP contribution in [-0.4, -0.2) is 31.4 Å². The first kappa shape index (κ1) is 22.6. The third-order valence-electron chi connectivity index (χ3n) is 4.70. The minimum Gasteiger partial charge on any atom is -0.493 e. The number of guanidine groups is 1. The van der Waals surface area contributed by atoms with Crippen LogP contribution in [0.3, 0.4) is 0 Å². The van der Waals surface area contributed by atoms with Crippen molar-refractivity contribution < 1.29 is 14.0 Å². The molecule has 2 aromatic rings. The molecule has 0 bridgehead atoms. The van der Waals surface area contributed by atoms with Crippen molar-refractivity contribution in [2.24, 2.45) is 4.99 Å². The highest BCUT2D eigenvalue weighted by atomic mass is 16.5. The molecule has 0 radical (unpaired) electrons. The zero-order chi connectivity index (χ0) is 21.1. The van der Waals surface area contributed by atoms with Crippen molar-refractivity contribution in [2.45, 2.75) is 59.5 Å². The molecule has 0 unspecified atom stereocenters. The fraction of sp³-hybridized carbons (Fsp3) is 0.545. The van der Waals surface area contributed by atoms with E-state index in [9.17, 15) is 0 Å². The molecule has 0 aliphatic carbocycles. The zero-order valence-corrected chi connectivity index (χ0v) is 18.2. The normalized spacial score (nSPS) is 11.6.